The number of ether oxygens (including phenoxy) is 1. The fourth-order valence-corrected chi connectivity index (χ4v) is 2.44. The molecule has 2 saturated heterocycles. The highest BCUT2D eigenvalue weighted by Crippen LogP contribution is 2.19. The largest absolute Gasteiger partial charge is 0.374 e. The Labute approximate surface area is 86.8 Å². The Balaban J connectivity index is 1.69. The van der Waals surface area contributed by atoms with E-state index in [1.165, 1.54) is 25.9 Å². The number of likely N-dealkylation sites (tertiary alicyclic amines) is 1. The topological polar surface area (TPSA) is 24.5 Å². The summed E-state index contributed by atoms with van der Waals surface area (Å²) >= 11 is 0. The maximum absolute atomic E-state index is 5.70. The van der Waals surface area contributed by atoms with Gasteiger partial charge < -0.3 is 15.0 Å². The Morgan fingerprint density at radius 1 is 1.50 bits per heavy atom. The summed E-state index contributed by atoms with van der Waals surface area (Å²) in [6.45, 7) is 8.93. The zero-order valence-electron chi connectivity index (χ0n) is 9.17. The summed E-state index contributed by atoms with van der Waals surface area (Å²) in [5, 5.41) is 3.38. The molecule has 0 radical (unpaired) electrons. The molecule has 0 amide bonds. The first kappa shape index (κ1) is 10.4. The monoisotopic (exact) mass is 198 g/mol. The molecule has 0 spiro atoms. The lowest BCUT2D eigenvalue weighted by Crippen LogP contribution is -2.44. The van der Waals surface area contributed by atoms with Gasteiger partial charge in [0.05, 0.1) is 12.7 Å². The van der Waals surface area contributed by atoms with Crippen molar-refractivity contribution in [3.8, 4) is 0 Å². The smallest absolute Gasteiger partial charge is 0.0826 e. The van der Waals surface area contributed by atoms with Crippen molar-refractivity contribution in [2.75, 3.05) is 39.3 Å². The van der Waals surface area contributed by atoms with Gasteiger partial charge in [-0.3, -0.25) is 0 Å². The second-order valence-electron chi connectivity index (χ2n) is 4.52. The van der Waals surface area contributed by atoms with Gasteiger partial charge >= 0.3 is 0 Å². The van der Waals surface area contributed by atoms with E-state index in [1.54, 1.807) is 0 Å². The molecule has 2 aliphatic rings. The Morgan fingerprint density at radius 3 is 3.07 bits per heavy atom. The van der Waals surface area contributed by atoms with E-state index < -0.39 is 0 Å². The first-order valence-electron chi connectivity index (χ1n) is 5.93. The number of morpholine rings is 1. The molecule has 0 bridgehead atoms. The average molecular weight is 198 g/mol. The number of rotatable bonds is 3. The van der Waals surface area contributed by atoms with Gasteiger partial charge in [-0.15, -0.1) is 0 Å². The molecule has 2 atom stereocenters. The van der Waals surface area contributed by atoms with Crippen LogP contribution >= 0.6 is 0 Å². The fraction of sp³-hybridized carbons (Fsp3) is 1.00. The van der Waals surface area contributed by atoms with Gasteiger partial charge in [-0.1, -0.05) is 13.3 Å². The lowest BCUT2D eigenvalue weighted by Gasteiger charge is -2.27. The highest BCUT2D eigenvalue weighted by Gasteiger charge is 2.24. The zero-order chi connectivity index (χ0) is 9.80. The summed E-state index contributed by atoms with van der Waals surface area (Å²) in [4.78, 5) is 2.56. The van der Waals surface area contributed by atoms with Crippen molar-refractivity contribution < 1.29 is 4.74 Å². The lowest BCUT2D eigenvalue weighted by molar-refractivity contribution is 0.00906. The van der Waals surface area contributed by atoms with Crippen molar-refractivity contribution in [1.82, 2.24) is 10.2 Å². The molecule has 82 valence electrons. The van der Waals surface area contributed by atoms with Gasteiger partial charge in [0.1, 0.15) is 0 Å². The molecule has 0 aromatic heterocycles. The number of nitrogens with one attached hydrogen (secondary N) is 1. The normalized spacial score (nSPS) is 34.9. The van der Waals surface area contributed by atoms with E-state index in [2.05, 4.69) is 17.1 Å². The molecule has 0 aromatic carbocycles. The van der Waals surface area contributed by atoms with Crippen LogP contribution in [0.1, 0.15) is 19.8 Å². The summed E-state index contributed by atoms with van der Waals surface area (Å²) < 4.78 is 5.70. The highest BCUT2D eigenvalue weighted by molar-refractivity contribution is 4.79. The number of hydrogen-bond donors (Lipinski definition) is 1. The molecule has 2 heterocycles. The zero-order valence-corrected chi connectivity index (χ0v) is 9.17. The summed E-state index contributed by atoms with van der Waals surface area (Å²) in [6, 6.07) is 0. The molecule has 2 aliphatic heterocycles. The molecular formula is C11H22N2O. The predicted octanol–water partition coefficient (Wildman–Crippen LogP) is 0.707. The Hall–Kier alpha value is -0.120. The molecule has 0 aliphatic carbocycles. The van der Waals surface area contributed by atoms with E-state index in [4.69, 9.17) is 4.74 Å². The van der Waals surface area contributed by atoms with Crippen molar-refractivity contribution in [3.63, 3.8) is 0 Å². The third-order valence-corrected chi connectivity index (χ3v) is 3.41. The SMILES string of the molecule is CCC1CCN(CC2CNCCO2)C1. The van der Waals surface area contributed by atoms with Crippen molar-refractivity contribution in [1.29, 1.82) is 0 Å². The van der Waals surface area contributed by atoms with Crippen molar-refractivity contribution in [3.05, 3.63) is 0 Å². The molecular weight excluding hydrogens is 176 g/mol. The molecule has 1 N–H and O–H groups in total. The van der Waals surface area contributed by atoms with Crippen molar-refractivity contribution >= 4 is 0 Å². The van der Waals surface area contributed by atoms with Gasteiger partial charge in [-0.05, 0) is 18.9 Å². The van der Waals surface area contributed by atoms with Gasteiger partial charge in [0, 0.05) is 26.2 Å². The molecule has 2 rings (SSSR count). The van der Waals surface area contributed by atoms with Crippen LogP contribution in [-0.2, 0) is 4.74 Å². The van der Waals surface area contributed by atoms with E-state index in [1.807, 2.05) is 0 Å². The first-order valence-corrected chi connectivity index (χ1v) is 5.93. The Kier molecular flexibility index (Phi) is 3.79. The average Bonchev–Trinajstić information content (AvgIpc) is 2.67. The molecule has 0 aromatic rings. The van der Waals surface area contributed by atoms with Crippen LogP contribution in [0, 0.1) is 5.92 Å². The second kappa shape index (κ2) is 5.10. The van der Waals surface area contributed by atoms with Crippen LogP contribution < -0.4 is 5.32 Å². The Morgan fingerprint density at radius 2 is 2.43 bits per heavy atom. The van der Waals surface area contributed by atoms with E-state index in [0.29, 0.717) is 6.10 Å². The highest BCUT2D eigenvalue weighted by atomic mass is 16.5. The maximum Gasteiger partial charge on any atom is 0.0826 e. The number of nitrogens with zero attached hydrogens (tertiary/aromatic N) is 1. The van der Waals surface area contributed by atoms with Gasteiger partial charge in [-0.2, -0.15) is 0 Å². The third-order valence-electron chi connectivity index (χ3n) is 3.41. The van der Waals surface area contributed by atoms with Crippen molar-refractivity contribution in [2.24, 2.45) is 5.92 Å². The molecule has 3 heteroatoms. The summed E-state index contributed by atoms with van der Waals surface area (Å²) in [5.74, 6) is 0.937. The van der Waals surface area contributed by atoms with Crippen LogP contribution in [0.5, 0.6) is 0 Å². The van der Waals surface area contributed by atoms with Crippen LogP contribution in [0.25, 0.3) is 0 Å². The van der Waals surface area contributed by atoms with Crippen molar-refractivity contribution in [2.45, 2.75) is 25.9 Å². The van der Waals surface area contributed by atoms with Crippen LogP contribution in [0.15, 0.2) is 0 Å². The maximum atomic E-state index is 5.70. The van der Waals surface area contributed by atoms with E-state index in [-0.39, 0.29) is 0 Å². The third kappa shape index (κ3) is 2.69. The van der Waals surface area contributed by atoms with E-state index >= 15 is 0 Å². The van der Waals surface area contributed by atoms with Gasteiger partial charge in [-0.25, -0.2) is 0 Å². The summed E-state index contributed by atoms with van der Waals surface area (Å²) in [7, 11) is 0. The quantitative estimate of drug-likeness (QED) is 0.723. The Bertz CT molecular complexity index is 169. The molecule has 3 nitrogen and oxygen atoms in total. The summed E-state index contributed by atoms with van der Waals surface area (Å²) in [5.41, 5.74) is 0. The van der Waals surface area contributed by atoms with Crippen LogP contribution in [0.3, 0.4) is 0 Å². The minimum Gasteiger partial charge on any atom is -0.374 e. The lowest BCUT2D eigenvalue weighted by atomic mass is 10.1. The van der Waals surface area contributed by atoms with Crippen LogP contribution in [-0.4, -0.2) is 50.3 Å². The minimum absolute atomic E-state index is 0.430. The van der Waals surface area contributed by atoms with Crippen LogP contribution in [0.2, 0.25) is 0 Å². The van der Waals surface area contributed by atoms with Crippen LogP contribution in [0.4, 0.5) is 0 Å². The van der Waals surface area contributed by atoms with E-state index in [0.717, 1.165) is 32.2 Å². The molecule has 2 unspecified atom stereocenters. The first-order chi connectivity index (χ1) is 6.88. The molecule has 2 fully saturated rings. The van der Waals surface area contributed by atoms with E-state index in [9.17, 15) is 0 Å². The predicted molar refractivity (Wildman–Crippen MR) is 57.4 cm³/mol. The minimum atomic E-state index is 0.430. The standard InChI is InChI=1S/C11H22N2O/c1-2-10-3-5-13(8-10)9-11-7-12-4-6-14-11/h10-12H,2-9H2,1H3. The van der Waals surface area contributed by atoms with Gasteiger partial charge in [0.2, 0.25) is 0 Å². The molecule has 14 heavy (non-hydrogen) atoms. The number of hydrogen-bond acceptors (Lipinski definition) is 3. The summed E-state index contributed by atoms with van der Waals surface area (Å²) in [6.07, 6.45) is 3.15. The fourth-order valence-electron chi connectivity index (χ4n) is 2.44. The van der Waals surface area contributed by atoms with Gasteiger partial charge in [0.25, 0.3) is 0 Å². The van der Waals surface area contributed by atoms with Gasteiger partial charge in [0.15, 0.2) is 0 Å². The second-order valence-corrected chi connectivity index (χ2v) is 4.52. The molecule has 0 saturated carbocycles.